The number of carbonyl (C=O) groups excluding carboxylic acids is 3. The minimum Gasteiger partial charge on any atom is -0.383 e. The van der Waals surface area contributed by atoms with E-state index in [1.807, 2.05) is 116 Å². The Hall–Kier alpha value is -12.8. The number of anilines is 4. The number of benzene rings is 8. The Balaban J connectivity index is 0.000000158. The van der Waals surface area contributed by atoms with Gasteiger partial charge in [0.15, 0.2) is 11.6 Å². The molecule has 3 saturated heterocycles. The summed E-state index contributed by atoms with van der Waals surface area (Å²) < 4.78 is 126. The summed E-state index contributed by atoms with van der Waals surface area (Å²) in [4.78, 5) is 68.5. The standard InChI is InChI=1S/C33H31F3N4O.C32H29F3N4O.C31H29F3N6O/c1-22-17-25(11-9-24(22)10-12-26-20-38-32(37)29-6-4-3-5-28(26)29)31(41)19-23-7-8-27(30(18-23)33(34,35)36)21-40-15-13-39(2)14-16-40;1-38-14-16-39(17-15-38)21-26-13-9-23(18-29(26)32(33,34)35)19-30(40)24-10-6-22(7-11-24)8-12-25-20-37-31(36)28-5-3-2-4-27(25)28;1-20-21(7-8-22-17-37-29(35)27-6-4-3-5-26(22)27)15-24(18-36-20)30(41)38-25-10-9-23(28(16-25)31(32,33)34)19-40-13-11-39(2)12-14-40/h3-9,11,17-18,20H,13-16,19,21H2,1-2H3,(H2,37,38);2-7,9-11,13,18,20H,14-17,19,21H2,1H3,(H2,36,37);3-6,9-10,15-18H,11-14,19H2,1-2H3,(H2,35,37)(H,38,41). The van der Waals surface area contributed by atoms with Crippen molar-refractivity contribution < 1.29 is 53.9 Å². The first kappa shape index (κ1) is 87.0. The number of hydrogen-bond donors (Lipinski definition) is 4. The zero-order chi connectivity index (χ0) is 86.6. The largest absolute Gasteiger partial charge is 0.416 e. The maximum Gasteiger partial charge on any atom is 0.416 e. The molecule has 17 nitrogen and oxygen atoms in total. The van der Waals surface area contributed by atoms with Gasteiger partial charge in [0.2, 0.25) is 0 Å². The summed E-state index contributed by atoms with van der Waals surface area (Å²) in [6.07, 6.45) is -7.54. The molecule has 26 heteroatoms. The molecule has 122 heavy (non-hydrogen) atoms. The highest BCUT2D eigenvalue weighted by molar-refractivity contribution is 6.05. The van der Waals surface area contributed by atoms with E-state index in [1.54, 1.807) is 86.2 Å². The van der Waals surface area contributed by atoms with Crippen molar-refractivity contribution in [3.05, 3.63) is 307 Å². The minimum atomic E-state index is -4.56. The first-order chi connectivity index (χ1) is 58.3. The van der Waals surface area contributed by atoms with Gasteiger partial charge in [0.05, 0.1) is 44.6 Å². The van der Waals surface area contributed by atoms with Crippen molar-refractivity contribution in [2.75, 3.05) is 122 Å². The fourth-order valence-electron chi connectivity index (χ4n) is 14.7. The smallest absolute Gasteiger partial charge is 0.383 e. The van der Waals surface area contributed by atoms with E-state index >= 15 is 0 Å². The highest BCUT2D eigenvalue weighted by Gasteiger charge is 2.37. The number of nitrogens with two attached hydrogens (primary N) is 3. The third-order valence-corrected chi connectivity index (χ3v) is 21.9. The first-order valence-electron chi connectivity index (χ1n) is 39.7. The number of aryl methyl sites for hydroxylation is 2. The number of Topliss-reactive ketones (excluding diaryl/α,β-unsaturated/α-hetero) is 2. The predicted molar refractivity (Wildman–Crippen MR) is 460 cm³/mol. The zero-order valence-electron chi connectivity index (χ0n) is 67.9. The molecular weight excluding hydrogens is 1570 g/mol. The normalized spacial score (nSPS) is 14.5. The lowest BCUT2D eigenvalue weighted by Gasteiger charge is -2.33. The molecule has 624 valence electrons. The summed E-state index contributed by atoms with van der Waals surface area (Å²) in [6, 6.07) is 48.8. The molecule has 3 fully saturated rings. The van der Waals surface area contributed by atoms with E-state index < -0.39 is 41.1 Å². The number of rotatable bonds is 14. The van der Waals surface area contributed by atoms with Crippen LogP contribution in [-0.2, 0) is 51.0 Å². The van der Waals surface area contributed by atoms with E-state index in [2.05, 4.69) is 75.5 Å². The Bertz CT molecular complexity index is 6090. The summed E-state index contributed by atoms with van der Waals surface area (Å²) in [5.41, 5.74) is 23.7. The topological polar surface area (TPSA) is 212 Å². The van der Waals surface area contributed by atoms with Gasteiger partial charge >= 0.3 is 18.5 Å². The second kappa shape index (κ2) is 38.3. The molecule has 0 aliphatic carbocycles. The fraction of sp³-hybridized carbons (Fsp3) is 0.260. The first-order valence-corrected chi connectivity index (χ1v) is 39.7. The Morgan fingerprint density at radius 2 is 0.730 bits per heavy atom. The molecule has 7 heterocycles. The van der Waals surface area contributed by atoms with Gasteiger partial charge in [-0.15, -0.1) is 0 Å². The SMILES string of the molecule is CN1CCN(Cc2ccc(CC(=O)c3ccc(C#Cc4cnc(N)c5ccccc45)cc3)cc2C(F)(F)F)CC1.Cc1cc(C(=O)Cc2ccc(CN3CCN(C)CC3)c(C(F)(F)F)c2)ccc1C#Cc1cnc(N)c2ccccc12.Cc1ncc(C(=O)Nc2ccc(CN3CCN(C)CC3)c(C(F)(F)F)c2)cc1C#Cc1cnc(N)c2ccccc12. The van der Waals surface area contributed by atoms with E-state index in [4.69, 9.17) is 17.2 Å². The highest BCUT2D eigenvalue weighted by Crippen LogP contribution is 2.38. The Labute approximate surface area is 701 Å². The molecule has 1 amide bonds. The molecule has 3 aliphatic heterocycles. The van der Waals surface area contributed by atoms with Crippen molar-refractivity contribution in [3.63, 3.8) is 0 Å². The Morgan fingerprint density at radius 1 is 0.369 bits per heavy atom. The number of hydrogen-bond acceptors (Lipinski definition) is 16. The molecule has 0 unspecified atom stereocenters. The average molecular weight is 1660 g/mol. The van der Waals surface area contributed by atoms with Crippen LogP contribution in [0.5, 0.6) is 0 Å². The van der Waals surface area contributed by atoms with Crippen LogP contribution in [0.1, 0.15) is 120 Å². The van der Waals surface area contributed by atoms with E-state index in [0.717, 1.165) is 138 Å². The number of halogens is 9. The van der Waals surface area contributed by atoms with Crippen LogP contribution < -0.4 is 22.5 Å². The monoisotopic (exact) mass is 1660 g/mol. The molecule has 12 aromatic rings. The molecule has 0 radical (unpaired) electrons. The summed E-state index contributed by atoms with van der Waals surface area (Å²) >= 11 is 0. The van der Waals surface area contributed by atoms with Crippen LogP contribution in [0, 0.1) is 49.4 Å². The summed E-state index contributed by atoms with van der Waals surface area (Å²) in [7, 11) is 6.01. The number of ketones is 2. The van der Waals surface area contributed by atoms with Crippen LogP contribution in [0.2, 0.25) is 0 Å². The lowest BCUT2D eigenvalue weighted by Crippen LogP contribution is -2.44. The molecule has 0 saturated carbocycles. The number of alkyl halides is 9. The van der Waals surface area contributed by atoms with E-state index in [-0.39, 0.29) is 72.0 Å². The number of nitrogens with one attached hydrogen (secondary N) is 1. The van der Waals surface area contributed by atoms with Gasteiger partial charge in [0, 0.05) is 202 Å². The molecule has 0 spiro atoms. The van der Waals surface area contributed by atoms with Crippen LogP contribution in [0.25, 0.3) is 32.3 Å². The maximum absolute atomic E-state index is 14.0. The Kier molecular flexibility index (Phi) is 27.3. The quantitative estimate of drug-likeness (QED) is 0.0453. The maximum atomic E-state index is 14.0. The van der Waals surface area contributed by atoms with E-state index in [9.17, 15) is 53.9 Å². The number of amides is 1. The van der Waals surface area contributed by atoms with E-state index in [1.165, 1.54) is 30.5 Å². The molecule has 3 aliphatic rings. The van der Waals surface area contributed by atoms with E-state index in [0.29, 0.717) is 75.2 Å². The zero-order valence-corrected chi connectivity index (χ0v) is 67.9. The van der Waals surface area contributed by atoms with Gasteiger partial charge in [-0.05, 0) is 123 Å². The predicted octanol–water partition coefficient (Wildman–Crippen LogP) is 16.1. The van der Waals surface area contributed by atoms with Gasteiger partial charge in [-0.2, -0.15) is 39.5 Å². The number of aromatic nitrogens is 4. The lowest BCUT2D eigenvalue weighted by molar-refractivity contribution is -0.139. The second-order valence-corrected chi connectivity index (χ2v) is 30.8. The van der Waals surface area contributed by atoms with Gasteiger partial charge in [-0.25, -0.2) is 15.0 Å². The summed E-state index contributed by atoms with van der Waals surface area (Å²) in [6.45, 7) is 13.5. The number of pyridine rings is 4. The van der Waals surface area contributed by atoms with Crippen molar-refractivity contribution in [2.24, 2.45) is 0 Å². The molecule has 15 rings (SSSR count). The molecular formula is C96H89F9N14O3. The number of likely N-dealkylation sites (N-methyl/N-ethyl adjacent to an activating group) is 3. The minimum absolute atomic E-state index is 0.0529. The summed E-state index contributed by atoms with van der Waals surface area (Å²) in [5, 5.41) is 7.70. The average Bonchev–Trinajstić information content (AvgIpc) is 0.782. The van der Waals surface area contributed by atoms with Gasteiger partial charge in [0.1, 0.15) is 17.5 Å². The second-order valence-electron chi connectivity index (χ2n) is 30.8. The van der Waals surface area contributed by atoms with Crippen molar-refractivity contribution in [2.45, 2.75) is 64.9 Å². The van der Waals surface area contributed by atoms with Crippen LogP contribution in [0.3, 0.4) is 0 Å². The van der Waals surface area contributed by atoms with Crippen molar-refractivity contribution in [1.82, 2.24) is 49.3 Å². The van der Waals surface area contributed by atoms with Gasteiger partial charge in [-0.3, -0.25) is 34.1 Å². The molecule has 0 atom stereocenters. The van der Waals surface area contributed by atoms with Crippen molar-refractivity contribution >= 4 is 72.9 Å². The number of nitrogen functional groups attached to an aromatic ring is 3. The van der Waals surface area contributed by atoms with Gasteiger partial charge in [0.25, 0.3) is 5.91 Å². The number of fused-ring (bicyclic) bond motifs is 3. The lowest BCUT2D eigenvalue weighted by atomic mass is 9.96. The molecule has 0 bridgehead atoms. The van der Waals surface area contributed by atoms with Crippen molar-refractivity contribution in [3.8, 4) is 35.5 Å². The van der Waals surface area contributed by atoms with Crippen LogP contribution >= 0.6 is 0 Å². The van der Waals surface area contributed by atoms with Crippen molar-refractivity contribution in [1.29, 1.82) is 0 Å². The number of piperazine rings is 3. The molecule has 8 aromatic carbocycles. The Morgan fingerprint density at radius 3 is 1.14 bits per heavy atom. The van der Waals surface area contributed by atoms with Crippen LogP contribution in [0.4, 0.5) is 62.7 Å². The van der Waals surface area contributed by atoms with Crippen LogP contribution in [-0.4, -0.2) is 166 Å². The van der Waals surface area contributed by atoms with Crippen LogP contribution in [0.15, 0.2) is 201 Å². The number of nitrogens with zero attached hydrogens (tertiary/aromatic N) is 10. The fourth-order valence-corrected chi connectivity index (χ4v) is 14.7. The van der Waals surface area contributed by atoms with Gasteiger partial charge in [-0.1, -0.05) is 157 Å². The summed E-state index contributed by atoms with van der Waals surface area (Å²) in [5.74, 6) is 18.8. The third kappa shape index (κ3) is 22.2. The highest BCUT2D eigenvalue weighted by atomic mass is 19.4. The number of carbonyl (C=O) groups is 3. The van der Waals surface area contributed by atoms with Gasteiger partial charge < -0.3 is 37.2 Å². The molecule has 7 N–H and O–H groups in total. The third-order valence-electron chi connectivity index (χ3n) is 21.9. The molecule has 4 aromatic heterocycles.